The summed E-state index contributed by atoms with van der Waals surface area (Å²) in [6.45, 7) is 7.85. The molecule has 1 N–H and O–H groups in total. The van der Waals surface area contributed by atoms with Crippen molar-refractivity contribution in [2.45, 2.75) is 33.0 Å². The quantitative estimate of drug-likeness (QED) is 0.883. The maximum absolute atomic E-state index is 11.8. The van der Waals surface area contributed by atoms with E-state index in [-0.39, 0.29) is 18.1 Å². The van der Waals surface area contributed by atoms with Crippen molar-refractivity contribution in [2.24, 2.45) is 0 Å². The van der Waals surface area contributed by atoms with Crippen molar-refractivity contribution >= 4 is 22.4 Å². The second kappa shape index (κ2) is 5.73. The zero-order chi connectivity index (χ0) is 13.1. The minimum atomic E-state index is -0.0487. The molecule has 1 aromatic rings. The lowest BCUT2D eigenvalue weighted by atomic mass is 10.2. The number of carbonyl (C=O) groups excluding carboxylic acids is 1. The van der Waals surface area contributed by atoms with Gasteiger partial charge in [-0.05, 0) is 20.8 Å². The number of hydrogen-bond donors (Lipinski definition) is 1. The topological polar surface area (TPSA) is 67.4 Å². The van der Waals surface area contributed by atoms with Gasteiger partial charge >= 0.3 is 0 Å². The van der Waals surface area contributed by atoms with Gasteiger partial charge < -0.3 is 4.74 Å². The van der Waals surface area contributed by atoms with Gasteiger partial charge in [-0.3, -0.25) is 15.0 Å². The van der Waals surface area contributed by atoms with Crippen molar-refractivity contribution in [2.75, 3.05) is 25.0 Å². The Balaban J connectivity index is 1.83. The maximum atomic E-state index is 11.8. The second-order valence-corrected chi connectivity index (χ2v) is 5.81. The van der Waals surface area contributed by atoms with Crippen LogP contribution in [0.5, 0.6) is 0 Å². The van der Waals surface area contributed by atoms with E-state index >= 15 is 0 Å². The van der Waals surface area contributed by atoms with Crippen LogP contribution in [0.2, 0.25) is 0 Å². The summed E-state index contributed by atoms with van der Waals surface area (Å²) in [5.74, 6) is -0.0487. The molecular formula is C11H18N4O2S. The molecule has 0 bridgehead atoms. The Hall–Kier alpha value is -1.05. The van der Waals surface area contributed by atoms with Gasteiger partial charge in [0.25, 0.3) is 0 Å². The van der Waals surface area contributed by atoms with Crippen molar-refractivity contribution in [3.05, 3.63) is 5.01 Å². The molecule has 7 heteroatoms. The highest BCUT2D eigenvalue weighted by Crippen LogP contribution is 2.14. The summed E-state index contributed by atoms with van der Waals surface area (Å²) in [6, 6.07) is 0. The third-order valence-electron chi connectivity index (χ3n) is 2.63. The molecule has 1 aromatic heterocycles. The van der Waals surface area contributed by atoms with Crippen molar-refractivity contribution in [3.8, 4) is 0 Å². The average Bonchev–Trinajstić information content (AvgIpc) is 2.61. The van der Waals surface area contributed by atoms with Crippen LogP contribution in [0, 0.1) is 6.92 Å². The smallest absolute Gasteiger partial charge is 0.240 e. The summed E-state index contributed by atoms with van der Waals surface area (Å²) in [5.41, 5.74) is 0. The van der Waals surface area contributed by atoms with Crippen LogP contribution in [-0.2, 0) is 9.53 Å². The highest BCUT2D eigenvalue weighted by Gasteiger charge is 2.23. The molecular weight excluding hydrogens is 252 g/mol. The Bertz CT molecular complexity index is 413. The number of anilines is 1. The molecule has 1 fully saturated rings. The highest BCUT2D eigenvalue weighted by atomic mass is 32.1. The molecule has 6 nitrogen and oxygen atoms in total. The summed E-state index contributed by atoms with van der Waals surface area (Å²) in [5, 5.41) is 11.9. The first-order valence-corrected chi connectivity index (χ1v) is 6.82. The lowest BCUT2D eigenvalue weighted by molar-refractivity contribution is -0.121. The molecule has 1 aliphatic heterocycles. The molecule has 0 radical (unpaired) electrons. The molecule has 2 heterocycles. The van der Waals surface area contributed by atoms with Gasteiger partial charge in [-0.25, -0.2) is 0 Å². The Morgan fingerprint density at radius 1 is 1.44 bits per heavy atom. The van der Waals surface area contributed by atoms with Crippen LogP contribution in [0.25, 0.3) is 0 Å². The molecule has 0 spiro atoms. The zero-order valence-corrected chi connectivity index (χ0v) is 11.7. The summed E-state index contributed by atoms with van der Waals surface area (Å²) in [7, 11) is 0. The molecule has 100 valence electrons. The van der Waals surface area contributed by atoms with Crippen molar-refractivity contribution in [1.82, 2.24) is 15.1 Å². The predicted molar refractivity (Wildman–Crippen MR) is 69.7 cm³/mol. The van der Waals surface area contributed by atoms with Crippen LogP contribution in [0.4, 0.5) is 5.13 Å². The third kappa shape index (κ3) is 3.72. The van der Waals surface area contributed by atoms with Crippen LogP contribution in [0.1, 0.15) is 18.9 Å². The summed E-state index contributed by atoms with van der Waals surface area (Å²) < 4.78 is 5.63. The van der Waals surface area contributed by atoms with Gasteiger partial charge in [-0.15, -0.1) is 10.2 Å². The lowest BCUT2D eigenvalue weighted by Crippen LogP contribution is -2.48. The number of carbonyl (C=O) groups is 1. The van der Waals surface area contributed by atoms with E-state index < -0.39 is 0 Å². The van der Waals surface area contributed by atoms with Gasteiger partial charge in [0.15, 0.2) is 0 Å². The lowest BCUT2D eigenvalue weighted by Gasteiger charge is -2.34. The van der Waals surface area contributed by atoms with Crippen molar-refractivity contribution in [3.63, 3.8) is 0 Å². The Kier molecular flexibility index (Phi) is 4.26. The van der Waals surface area contributed by atoms with Crippen molar-refractivity contribution < 1.29 is 9.53 Å². The van der Waals surface area contributed by atoms with Gasteiger partial charge in [0.2, 0.25) is 11.0 Å². The number of morpholine rings is 1. The van der Waals surface area contributed by atoms with E-state index in [4.69, 9.17) is 4.74 Å². The number of aryl methyl sites for hydroxylation is 1. The SMILES string of the molecule is Cc1nnc(NC(=O)CN2C[C@H](C)O[C@@H](C)C2)s1. The highest BCUT2D eigenvalue weighted by molar-refractivity contribution is 7.15. The van der Waals surface area contributed by atoms with Crippen LogP contribution >= 0.6 is 11.3 Å². The molecule has 2 rings (SSSR count). The molecule has 2 atom stereocenters. The number of hydrogen-bond acceptors (Lipinski definition) is 6. The predicted octanol–water partition coefficient (Wildman–Crippen LogP) is 0.894. The van der Waals surface area contributed by atoms with Crippen LogP contribution < -0.4 is 5.32 Å². The number of amides is 1. The molecule has 0 aromatic carbocycles. The standard InChI is InChI=1S/C11H18N4O2S/c1-7-4-15(5-8(2)17-7)6-10(16)12-11-14-13-9(3)18-11/h7-8H,4-6H2,1-3H3,(H,12,14,16)/t7-,8-/m0/s1. The molecule has 1 saturated heterocycles. The Morgan fingerprint density at radius 3 is 2.67 bits per heavy atom. The normalized spacial score (nSPS) is 25.1. The Labute approximate surface area is 110 Å². The van der Waals surface area contributed by atoms with E-state index in [2.05, 4.69) is 20.4 Å². The first-order valence-electron chi connectivity index (χ1n) is 6.00. The van der Waals surface area contributed by atoms with E-state index in [1.807, 2.05) is 20.8 Å². The molecule has 1 aliphatic rings. The van der Waals surface area contributed by atoms with Crippen LogP contribution in [0.3, 0.4) is 0 Å². The molecule has 1 amide bonds. The fourth-order valence-corrected chi connectivity index (χ4v) is 2.73. The van der Waals surface area contributed by atoms with Crippen LogP contribution in [0.15, 0.2) is 0 Å². The number of ether oxygens (including phenoxy) is 1. The van der Waals surface area contributed by atoms with E-state index in [9.17, 15) is 4.79 Å². The van der Waals surface area contributed by atoms with Gasteiger partial charge in [-0.1, -0.05) is 11.3 Å². The molecule has 0 aliphatic carbocycles. The summed E-state index contributed by atoms with van der Waals surface area (Å²) in [6.07, 6.45) is 0.343. The molecule has 0 unspecified atom stereocenters. The van der Waals surface area contributed by atoms with E-state index in [0.717, 1.165) is 18.1 Å². The fourth-order valence-electron chi connectivity index (χ4n) is 2.12. The average molecular weight is 270 g/mol. The number of nitrogens with zero attached hydrogens (tertiary/aromatic N) is 3. The van der Waals surface area contributed by atoms with Gasteiger partial charge in [-0.2, -0.15) is 0 Å². The van der Waals surface area contributed by atoms with E-state index in [1.54, 1.807) is 0 Å². The minimum absolute atomic E-state index is 0.0487. The molecule has 0 saturated carbocycles. The van der Waals surface area contributed by atoms with E-state index in [1.165, 1.54) is 11.3 Å². The number of rotatable bonds is 3. The van der Waals surface area contributed by atoms with Gasteiger partial charge in [0.05, 0.1) is 18.8 Å². The van der Waals surface area contributed by atoms with Gasteiger partial charge in [0, 0.05) is 13.1 Å². The van der Waals surface area contributed by atoms with Crippen LogP contribution in [-0.4, -0.2) is 52.8 Å². The number of nitrogens with one attached hydrogen (secondary N) is 1. The fraction of sp³-hybridized carbons (Fsp3) is 0.727. The largest absolute Gasteiger partial charge is 0.373 e. The van der Waals surface area contributed by atoms with Gasteiger partial charge in [0.1, 0.15) is 5.01 Å². The summed E-state index contributed by atoms with van der Waals surface area (Å²) >= 11 is 1.38. The molecule has 18 heavy (non-hydrogen) atoms. The minimum Gasteiger partial charge on any atom is -0.373 e. The summed E-state index contributed by atoms with van der Waals surface area (Å²) in [4.78, 5) is 13.9. The monoisotopic (exact) mass is 270 g/mol. The first kappa shape index (κ1) is 13.4. The maximum Gasteiger partial charge on any atom is 0.240 e. The Morgan fingerprint density at radius 2 is 2.11 bits per heavy atom. The number of aromatic nitrogens is 2. The second-order valence-electron chi connectivity index (χ2n) is 4.63. The zero-order valence-electron chi connectivity index (χ0n) is 10.8. The van der Waals surface area contributed by atoms with Crippen molar-refractivity contribution in [1.29, 1.82) is 0 Å². The third-order valence-corrected chi connectivity index (χ3v) is 3.39. The first-order chi connectivity index (χ1) is 8.52. The van der Waals surface area contributed by atoms with E-state index in [0.29, 0.717) is 11.7 Å².